The number of hydrogen-bond donors (Lipinski definition) is 3. The maximum absolute atomic E-state index is 12.4. The van der Waals surface area contributed by atoms with Crippen LogP contribution in [-0.4, -0.2) is 41.8 Å². The third-order valence-electron chi connectivity index (χ3n) is 5.47. The number of benzene rings is 2. The van der Waals surface area contributed by atoms with Gasteiger partial charge in [-0.3, -0.25) is 4.79 Å². The smallest absolute Gasteiger partial charge is 0.407 e. The van der Waals surface area contributed by atoms with Gasteiger partial charge in [0.1, 0.15) is 18.7 Å². The Kier molecular flexibility index (Phi) is 6.34. The molecule has 0 fully saturated rings. The number of nitrogens with one attached hydrogen (secondary N) is 2. The van der Waals surface area contributed by atoms with Crippen LogP contribution in [0, 0.1) is 5.41 Å². The van der Waals surface area contributed by atoms with Gasteiger partial charge in [-0.2, -0.15) is 0 Å². The Morgan fingerprint density at radius 3 is 1.97 bits per heavy atom. The molecule has 7 heteroatoms. The number of carboxylic acid groups (broad SMARTS) is 1. The number of carbonyl (C=O) groups is 3. The van der Waals surface area contributed by atoms with Gasteiger partial charge >= 0.3 is 12.1 Å². The van der Waals surface area contributed by atoms with E-state index in [1.54, 1.807) is 20.8 Å². The van der Waals surface area contributed by atoms with Crippen LogP contribution < -0.4 is 10.6 Å². The number of ether oxygens (including phenoxy) is 1. The minimum atomic E-state index is -1.13. The third kappa shape index (κ3) is 4.87. The van der Waals surface area contributed by atoms with Crippen molar-refractivity contribution in [2.24, 2.45) is 5.41 Å². The van der Waals surface area contributed by atoms with Gasteiger partial charge in [-0.1, -0.05) is 69.3 Å². The van der Waals surface area contributed by atoms with E-state index in [9.17, 15) is 19.5 Å². The topological polar surface area (TPSA) is 105 Å². The monoisotopic (exact) mass is 424 g/mol. The lowest BCUT2D eigenvalue weighted by atomic mass is 9.86. The predicted molar refractivity (Wildman–Crippen MR) is 117 cm³/mol. The SMILES string of the molecule is CC(NC(=O)OCC1c2ccccc2-c2ccccc21)C(=O)NC(C(=O)O)C(C)(C)C. The number of aliphatic carboxylic acids is 1. The van der Waals surface area contributed by atoms with Crippen LogP contribution in [0.1, 0.15) is 44.7 Å². The van der Waals surface area contributed by atoms with Gasteiger partial charge in [-0.05, 0) is 34.6 Å². The van der Waals surface area contributed by atoms with Crippen molar-refractivity contribution in [3.05, 3.63) is 59.7 Å². The molecule has 0 bridgehead atoms. The summed E-state index contributed by atoms with van der Waals surface area (Å²) in [6, 6.07) is 14.0. The molecule has 0 spiro atoms. The highest BCUT2D eigenvalue weighted by molar-refractivity contribution is 5.89. The highest BCUT2D eigenvalue weighted by atomic mass is 16.5. The average Bonchev–Trinajstić information content (AvgIpc) is 3.03. The largest absolute Gasteiger partial charge is 0.480 e. The Hall–Kier alpha value is -3.35. The molecule has 1 aliphatic rings. The van der Waals surface area contributed by atoms with E-state index in [2.05, 4.69) is 22.8 Å². The summed E-state index contributed by atoms with van der Waals surface area (Å²) in [5.74, 6) is -1.80. The lowest BCUT2D eigenvalue weighted by Crippen LogP contribution is -2.54. The second-order valence-electron chi connectivity index (χ2n) is 8.84. The Labute approximate surface area is 181 Å². The zero-order valence-corrected chi connectivity index (χ0v) is 18.1. The molecule has 3 N–H and O–H groups in total. The quantitative estimate of drug-likeness (QED) is 0.658. The fourth-order valence-electron chi connectivity index (χ4n) is 3.80. The molecule has 2 aromatic carbocycles. The summed E-state index contributed by atoms with van der Waals surface area (Å²) in [6.07, 6.45) is -0.729. The van der Waals surface area contributed by atoms with Crippen LogP contribution in [0.4, 0.5) is 4.79 Å². The number of carbonyl (C=O) groups excluding carboxylic acids is 2. The molecule has 0 heterocycles. The first kappa shape index (κ1) is 22.3. The molecule has 0 radical (unpaired) electrons. The van der Waals surface area contributed by atoms with Gasteiger partial charge in [-0.25, -0.2) is 9.59 Å². The highest BCUT2D eigenvalue weighted by Crippen LogP contribution is 2.44. The molecule has 2 atom stereocenters. The summed E-state index contributed by atoms with van der Waals surface area (Å²) in [6.45, 7) is 6.77. The lowest BCUT2D eigenvalue weighted by molar-refractivity contribution is -0.145. The number of rotatable bonds is 6. The van der Waals surface area contributed by atoms with Gasteiger partial charge in [0.05, 0.1) is 0 Å². The van der Waals surface area contributed by atoms with E-state index >= 15 is 0 Å². The van der Waals surface area contributed by atoms with Gasteiger partial charge in [0, 0.05) is 5.92 Å². The van der Waals surface area contributed by atoms with Crippen LogP contribution in [0.25, 0.3) is 11.1 Å². The molecule has 7 nitrogen and oxygen atoms in total. The number of fused-ring (bicyclic) bond motifs is 3. The van der Waals surface area contributed by atoms with Crippen molar-refractivity contribution < 1.29 is 24.2 Å². The van der Waals surface area contributed by atoms with Crippen LogP contribution >= 0.6 is 0 Å². The maximum Gasteiger partial charge on any atom is 0.407 e. The van der Waals surface area contributed by atoms with E-state index < -0.39 is 35.5 Å². The van der Waals surface area contributed by atoms with Crippen molar-refractivity contribution in [3.63, 3.8) is 0 Å². The number of amides is 2. The zero-order chi connectivity index (χ0) is 22.8. The van der Waals surface area contributed by atoms with Crippen molar-refractivity contribution in [3.8, 4) is 11.1 Å². The molecular formula is C24H28N2O5. The fraction of sp³-hybridized carbons (Fsp3) is 0.375. The summed E-state index contributed by atoms with van der Waals surface area (Å²) in [5, 5.41) is 14.3. The van der Waals surface area contributed by atoms with Gasteiger partial charge in [0.15, 0.2) is 0 Å². The molecule has 2 aromatic rings. The minimum absolute atomic E-state index is 0.0837. The Morgan fingerprint density at radius 1 is 0.968 bits per heavy atom. The van der Waals surface area contributed by atoms with E-state index in [1.165, 1.54) is 6.92 Å². The van der Waals surface area contributed by atoms with Crippen LogP contribution in [0.5, 0.6) is 0 Å². The van der Waals surface area contributed by atoms with E-state index in [1.807, 2.05) is 36.4 Å². The minimum Gasteiger partial charge on any atom is -0.480 e. The van der Waals surface area contributed by atoms with Crippen LogP contribution in [0.3, 0.4) is 0 Å². The molecule has 0 saturated carbocycles. The van der Waals surface area contributed by atoms with Crippen molar-refractivity contribution in [2.75, 3.05) is 6.61 Å². The molecule has 3 rings (SSSR count). The molecule has 1 aliphatic carbocycles. The Morgan fingerprint density at radius 2 is 1.48 bits per heavy atom. The highest BCUT2D eigenvalue weighted by Gasteiger charge is 2.34. The van der Waals surface area contributed by atoms with E-state index in [4.69, 9.17) is 4.74 Å². The molecule has 2 unspecified atom stereocenters. The van der Waals surface area contributed by atoms with E-state index in [0.717, 1.165) is 22.3 Å². The van der Waals surface area contributed by atoms with Gasteiger partial charge in [-0.15, -0.1) is 0 Å². The van der Waals surface area contributed by atoms with Crippen molar-refractivity contribution >= 4 is 18.0 Å². The first-order chi connectivity index (χ1) is 14.6. The van der Waals surface area contributed by atoms with Gasteiger partial charge < -0.3 is 20.5 Å². The van der Waals surface area contributed by atoms with Crippen LogP contribution in [0.15, 0.2) is 48.5 Å². The zero-order valence-electron chi connectivity index (χ0n) is 18.1. The van der Waals surface area contributed by atoms with Gasteiger partial charge in [0.25, 0.3) is 0 Å². The lowest BCUT2D eigenvalue weighted by Gasteiger charge is -2.28. The number of alkyl carbamates (subject to hydrolysis) is 1. The molecular weight excluding hydrogens is 396 g/mol. The molecule has 0 saturated heterocycles. The molecule has 2 amide bonds. The summed E-state index contributed by atoms with van der Waals surface area (Å²) in [5.41, 5.74) is 3.77. The molecule has 0 aliphatic heterocycles. The average molecular weight is 424 g/mol. The Bertz CT molecular complexity index is 950. The van der Waals surface area contributed by atoms with Crippen molar-refractivity contribution in [1.29, 1.82) is 0 Å². The molecule has 164 valence electrons. The first-order valence-electron chi connectivity index (χ1n) is 10.2. The van der Waals surface area contributed by atoms with E-state index in [-0.39, 0.29) is 12.5 Å². The number of carboxylic acids is 1. The van der Waals surface area contributed by atoms with Crippen molar-refractivity contribution in [1.82, 2.24) is 10.6 Å². The molecule has 0 aromatic heterocycles. The van der Waals surface area contributed by atoms with E-state index in [0.29, 0.717) is 0 Å². The van der Waals surface area contributed by atoms with Crippen molar-refractivity contribution in [2.45, 2.75) is 45.7 Å². The van der Waals surface area contributed by atoms with Crippen LogP contribution in [-0.2, 0) is 14.3 Å². The second kappa shape index (κ2) is 8.79. The standard InChI is InChI=1S/C24H28N2O5/c1-14(21(27)26-20(22(28)29)24(2,3)4)25-23(30)31-13-19-17-11-7-5-9-15(17)16-10-6-8-12-18(16)19/h5-12,14,19-20H,13H2,1-4H3,(H,25,30)(H,26,27)(H,28,29). The van der Waals surface area contributed by atoms with Crippen LogP contribution in [0.2, 0.25) is 0 Å². The normalized spacial score (nSPS) is 14.7. The van der Waals surface area contributed by atoms with Gasteiger partial charge in [0.2, 0.25) is 5.91 Å². The number of hydrogen-bond acceptors (Lipinski definition) is 4. The second-order valence-corrected chi connectivity index (χ2v) is 8.84. The first-order valence-corrected chi connectivity index (χ1v) is 10.2. The third-order valence-corrected chi connectivity index (χ3v) is 5.47. The fourth-order valence-corrected chi connectivity index (χ4v) is 3.80. The summed E-state index contributed by atoms with van der Waals surface area (Å²) < 4.78 is 5.43. The summed E-state index contributed by atoms with van der Waals surface area (Å²) >= 11 is 0. The maximum atomic E-state index is 12.4. The summed E-state index contributed by atoms with van der Waals surface area (Å²) in [7, 11) is 0. The predicted octanol–water partition coefficient (Wildman–Crippen LogP) is 3.53. The summed E-state index contributed by atoms with van der Waals surface area (Å²) in [4.78, 5) is 36.2. The Balaban J connectivity index is 1.60. The molecule has 31 heavy (non-hydrogen) atoms.